The van der Waals surface area contributed by atoms with E-state index in [4.69, 9.17) is 5.11 Å². The fourth-order valence-electron chi connectivity index (χ4n) is 2.17. The van der Waals surface area contributed by atoms with Crippen molar-refractivity contribution in [2.75, 3.05) is 13.1 Å². The number of likely N-dealkylation sites (N-methyl/N-ethyl adjacent to an activating group) is 1. The number of nitrogens with zero attached hydrogens (tertiary/aromatic N) is 1. The van der Waals surface area contributed by atoms with Crippen LogP contribution in [0.25, 0.3) is 6.08 Å². The first-order valence-corrected chi connectivity index (χ1v) is 7.45. The van der Waals surface area contributed by atoms with Crippen LogP contribution in [-0.4, -0.2) is 29.0 Å². The zero-order chi connectivity index (χ0) is 15.8. The zero-order valence-corrected chi connectivity index (χ0v) is 12.8. The first-order chi connectivity index (χ1) is 10.7. The van der Waals surface area contributed by atoms with Crippen molar-refractivity contribution < 1.29 is 9.90 Å². The van der Waals surface area contributed by atoms with Crippen molar-refractivity contribution in [1.29, 1.82) is 0 Å². The highest BCUT2D eigenvalue weighted by Crippen LogP contribution is 2.09. The Labute approximate surface area is 131 Å². The molecule has 0 spiro atoms. The summed E-state index contributed by atoms with van der Waals surface area (Å²) in [4.78, 5) is 14.2. The second-order valence-corrected chi connectivity index (χ2v) is 5.01. The molecule has 0 aliphatic heterocycles. The Hall–Kier alpha value is -2.39. The topological polar surface area (TPSA) is 40.5 Å². The molecule has 114 valence electrons. The van der Waals surface area contributed by atoms with Crippen LogP contribution in [0.15, 0.2) is 60.7 Å². The molecule has 0 heterocycles. The first-order valence-electron chi connectivity index (χ1n) is 7.45. The quantitative estimate of drug-likeness (QED) is 0.888. The van der Waals surface area contributed by atoms with Gasteiger partial charge in [-0.2, -0.15) is 0 Å². The summed E-state index contributed by atoms with van der Waals surface area (Å²) >= 11 is 0. The molecule has 0 aromatic heterocycles. The largest absolute Gasteiger partial charge is 0.392 e. The summed E-state index contributed by atoms with van der Waals surface area (Å²) in [6, 6.07) is 17.1. The van der Waals surface area contributed by atoms with E-state index >= 15 is 0 Å². The van der Waals surface area contributed by atoms with E-state index in [1.165, 1.54) is 0 Å². The van der Waals surface area contributed by atoms with Gasteiger partial charge in [-0.05, 0) is 30.2 Å². The highest BCUT2D eigenvalue weighted by molar-refractivity contribution is 5.94. The fraction of sp³-hybridized carbons (Fsp3) is 0.211. The number of aliphatic hydroxyl groups excluding tert-OH is 1. The van der Waals surface area contributed by atoms with E-state index in [1.54, 1.807) is 29.2 Å². The molecule has 0 saturated carbocycles. The number of hydrogen-bond donors (Lipinski definition) is 1. The van der Waals surface area contributed by atoms with Crippen LogP contribution in [0.4, 0.5) is 0 Å². The summed E-state index contributed by atoms with van der Waals surface area (Å²) in [6.07, 6.45) is 4.02. The van der Waals surface area contributed by atoms with Crippen molar-refractivity contribution in [3.8, 4) is 0 Å². The van der Waals surface area contributed by atoms with Crippen molar-refractivity contribution in [2.45, 2.75) is 13.5 Å². The standard InChI is InChI=1S/C19H21NO2/c1-2-20(14-6-9-16-7-4-3-5-8-16)19(22)18-12-10-17(15-21)11-13-18/h3-13,21H,2,14-15H2,1H3/b9-6+. The second kappa shape index (κ2) is 8.15. The van der Waals surface area contributed by atoms with Crippen molar-refractivity contribution in [3.05, 3.63) is 77.4 Å². The van der Waals surface area contributed by atoms with E-state index in [0.29, 0.717) is 18.7 Å². The molecule has 2 aromatic rings. The number of carbonyl (C=O) groups is 1. The van der Waals surface area contributed by atoms with Gasteiger partial charge < -0.3 is 10.0 Å². The van der Waals surface area contributed by atoms with Crippen molar-refractivity contribution in [3.63, 3.8) is 0 Å². The van der Waals surface area contributed by atoms with Gasteiger partial charge in [0.1, 0.15) is 0 Å². The zero-order valence-electron chi connectivity index (χ0n) is 12.8. The van der Waals surface area contributed by atoms with E-state index in [-0.39, 0.29) is 12.5 Å². The lowest BCUT2D eigenvalue weighted by molar-refractivity contribution is 0.0782. The minimum absolute atomic E-state index is 0.00435. The smallest absolute Gasteiger partial charge is 0.254 e. The fourth-order valence-corrected chi connectivity index (χ4v) is 2.17. The monoisotopic (exact) mass is 295 g/mol. The molecule has 0 bridgehead atoms. The number of hydrogen-bond acceptors (Lipinski definition) is 2. The van der Waals surface area contributed by atoms with Gasteiger partial charge in [-0.25, -0.2) is 0 Å². The van der Waals surface area contributed by atoms with Crippen molar-refractivity contribution >= 4 is 12.0 Å². The molecule has 3 heteroatoms. The van der Waals surface area contributed by atoms with Gasteiger partial charge in [0.05, 0.1) is 6.61 Å². The lowest BCUT2D eigenvalue weighted by Crippen LogP contribution is -2.30. The maximum atomic E-state index is 12.4. The molecular formula is C19H21NO2. The van der Waals surface area contributed by atoms with E-state index in [2.05, 4.69) is 0 Å². The molecule has 2 rings (SSSR count). The lowest BCUT2D eigenvalue weighted by Gasteiger charge is -2.19. The van der Waals surface area contributed by atoms with Gasteiger partial charge in [-0.1, -0.05) is 54.6 Å². The number of aliphatic hydroxyl groups is 1. The molecule has 22 heavy (non-hydrogen) atoms. The summed E-state index contributed by atoms with van der Waals surface area (Å²) in [5, 5.41) is 9.04. The van der Waals surface area contributed by atoms with Crippen LogP contribution in [0.5, 0.6) is 0 Å². The van der Waals surface area contributed by atoms with Crippen LogP contribution in [-0.2, 0) is 6.61 Å². The molecule has 1 amide bonds. The number of carbonyl (C=O) groups excluding carboxylic acids is 1. The summed E-state index contributed by atoms with van der Waals surface area (Å²) in [6.45, 7) is 3.19. The summed E-state index contributed by atoms with van der Waals surface area (Å²) in [7, 11) is 0. The van der Waals surface area contributed by atoms with Gasteiger partial charge in [0.25, 0.3) is 5.91 Å². The molecule has 0 unspecified atom stereocenters. The van der Waals surface area contributed by atoms with E-state index in [9.17, 15) is 4.79 Å². The van der Waals surface area contributed by atoms with Crippen LogP contribution in [0.2, 0.25) is 0 Å². The molecule has 2 aromatic carbocycles. The molecule has 0 atom stereocenters. The molecule has 0 aliphatic carbocycles. The summed E-state index contributed by atoms with van der Waals surface area (Å²) in [5.74, 6) is 0.00435. The third-order valence-corrected chi connectivity index (χ3v) is 3.49. The van der Waals surface area contributed by atoms with Gasteiger partial charge in [0, 0.05) is 18.7 Å². The average Bonchev–Trinajstić information content (AvgIpc) is 2.59. The Kier molecular flexibility index (Phi) is 5.92. The molecule has 0 saturated heterocycles. The Morgan fingerprint density at radius 1 is 1.09 bits per heavy atom. The predicted octanol–water partition coefficient (Wildman–Crippen LogP) is 3.35. The van der Waals surface area contributed by atoms with Crippen LogP contribution in [0.1, 0.15) is 28.4 Å². The normalized spacial score (nSPS) is 10.8. The van der Waals surface area contributed by atoms with Gasteiger partial charge in [-0.15, -0.1) is 0 Å². The Balaban J connectivity index is 2.00. The SMILES string of the molecule is CCN(C/C=C/c1ccccc1)C(=O)c1ccc(CO)cc1. The molecule has 0 fully saturated rings. The third kappa shape index (κ3) is 4.30. The minimum Gasteiger partial charge on any atom is -0.392 e. The number of benzene rings is 2. The Bertz CT molecular complexity index is 618. The average molecular weight is 295 g/mol. The molecule has 3 nitrogen and oxygen atoms in total. The maximum Gasteiger partial charge on any atom is 0.254 e. The maximum absolute atomic E-state index is 12.4. The van der Waals surface area contributed by atoms with E-state index < -0.39 is 0 Å². The molecule has 1 N–H and O–H groups in total. The van der Waals surface area contributed by atoms with E-state index in [0.717, 1.165) is 11.1 Å². The van der Waals surface area contributed by atoms with Gasteiger partial charge in [-0.3, -0.25) is 4.79 Å². The van der Waals surface area contributed by atoms with Crippen LogP contribution in [0, 0.1) is 0 Å². The second-order valence-electron chi connectivity index (χ2n) is 5.01. The number of amides is 1. The van der Waals surface area contributed by atoms with Gasteiger partial charge >= 0.3 is 0 Å². The van der Waals surface area contributed by atoms with Crippen molar-refractivity contribution in [2.24, 2.45) is 0 Å². The minimum atomic E-state index is -0.00816. The Morgan fingerprint density at radius 2 is 1.77 bits per heavy atom. The molecule has 0 radical (unpaired) electrons. The van der Waals surface area contributed by atoms with Crippen LogP contribution in [0.3, 0.4) is 0 Å². The predicted molar refractivity (Wildman–Crippen MR) is 89.4 cm³/mol. The van der Waals surface area contributed by atoms with Gasteiger partial charge in [0.2, 0.25) is 0 Å². The van der Waals surface area contributed by atoms with Crippen LogP contribution < -0.4 is 0 Å². The molecule has 0 aliphatic rings. The summed E-state index contributed by atoms with van der Waals surface area (Å²) in [5.41, 5.74) is 2.58. The van der Waals surface area contributed by atoms with E-state index in [1.807, 2.05) is 49.4 Å². The summed E-state index contributed by atoms with van der Waals surface area (Å²) < 4.78 is 0. The van der Waals surface area contributed by atoms with Gasteiger partial charge in [0.15, 0.2) is 0 Å². The highest BCUT2D eigenvalue weighted by Gasteiger charge is 2.12. The third-order valence-electron chi connectivity index (χ3n) is 3.49. The first kappa shape index (κ1) is 16.0. The number of rotatable bonds is 6. The highest BCUT2D eigenvalue weighted by atomic mass is 16.3. The Morgan fingerprint density at radius 3 is 2.36 bits per heavy atom. The molecular weight excluding hydrogens is 274 g/mol. The van der Waals surface area contributed by atoms with Crippen molar-refractivity contribution in [1.82, 2.24) is 4.90 Å². The lowest BCUT2D eigenvalue weighted by atomic mass is 10.1. The van der Waals surface area contributed by atoms with Crippen LogP contribution >= 0.6 is 0 Å².